The number of hydrogen-bond donors (Lipinski definition) is 2. The maximum Gasteiger partial charge on any atom is 0.508 e. The first-order chi connectivity index (χ1) is 14.8. The molecule has 0 saturated carbocycles. The molecule has 192 valence electrons. The van der Waals surface area contributed by atoms with Gasteiger partial charge in [0.05, 0.1) is 26.4 Å². The van der Waals surface area contributed by atoms with E-state index in [4.69, 9.17) is 34.0 Å². The van der Waals surface area contributed by atoms with Crippen molar-refractivity contribution in [1.82, 2.24) is 0 Å². The number of rotatable bonds is 12. The molecule has 0 fully saturated rings. The third kappa shape index (κ3) is 42.0. The summed E-state index contributed by atoms with van der Waals surface area (Å²) in [5, 5.41) is 13.9. The van der Waals surface area contributed by atoms with Crippen molar-refractivity contribution in [2.75, 3.05) is 26.4 Å². The highest BCUT2D eigenvalue weighted by Gasteiger charge is 2.05. The standard InChI is InChI=1S/2C11H22O3.CH2O3/c2*1-9(2)5-7-13-11(12)14-8-6-10(3)4;2-1(3)4/h2*9-10H,5-8H2,1-4H3;(H2,2,3,4). The third-order valence-corrected chi connectivity index (χ3v) is 3.66. The molecule has 2 N–H and O–H groups in total. The molecule has 0 unspecified atom stereocenters. The Hall–Kier alpha value is -2.19. The van der Waals surface area contributed by atoms with E-state index in [-0.39, 0.29) is 0 Å². The fourth-order valence-electron chi connectivity index (χ4n) is 1.60. The maximum atomic E-state index is 11.0. The molecule has 0 aliphatic carbocycles. The minimum atomic E-state index is -1.83. The van der Waals surface area contributed by atoms with Crippen molar-refractivity contribution in [1.29, 1.82) is 0 Å². The van der Waals surface area contributed by atoms with Crippen LogP contribution in [-0.2, 0) is 18.9 Å². The molecule has 0 aliphatic rings. The molecule has 9 heteroatoms. The van der Waals surface area contributed by atoms with Gasteiger partial charge in [0.25, 0.3) is 0 Å². The van der Waals surface area contributed by atoms with Crippen LogP contribution in [0.15, 0.2) is 0 Å². The van der Waals surface area contributed by atoms with Crippen LogP contribution in [0.2, 0.25) is 0 Å². The van der Waals surface area contributed by atoms with Crippen molar-refractivity contribution in [2.45, 2.75) is 81.1 Å². The molecule has 32 heavy (non-hydrogen) atoms. The lowest BCUT2D eigenvalue weighted by Crippen LogP contribution is -2.11. The second-order valence-electron chi connectivity index (χ2n) is 8.91. The second kappa shape index (κ2) is 23.5. The van der Waals surface area contributed by atoms with Crippen LogP contribution in [-0.4, -0.2) is 55.1 Å². The molecule has 0 aromatic rings. The molecule has 0 radical (unpaired) electrons. The normalized spacial score (nSPS) is 10.1. The molecule has 0 aliphatic heterocycles. The molecular weight excluding hydrogens is 420 g/mol. The van der Waals surface area contributed by atoms with E-state index in [2.05, 4.69) is 55.4 Å². The van der Waals surface area contributed by atoms with E-state index in [1.807, 2.05) is 0 Å². The van der Waals surface area contributed by atoms with Gasteiger partial charge in [0.1, 0.15) is 0 Å². The van der Waals surface area contributed by atoms with Crippen LogP contribution in [0.25, 0.3) is 0 Å². The quantitative estimate of drug-likeness (QED) is 0.302. The van der Waals surface area contributed by atoms with E-state index < -0.39 is 18.5 Å². The molecule has 0 aromatic heterocycles. The van der Waals surface area contributed by atoms with Gasteiger partial charge < -0.3 is 29.2 Å². The topological polar surface area (TPSA) is 129 Å². The first kappa shape index (κ1) is 34.4. The molecular formula is C23H46O9. The lowest BCUT2D eigenvalue weighted by molar-refractivity contribution is 0.0486. The highest BCUT2D eigenvalue weighted by atomic mass is 16.7. The minimum absolute atomic E-state index is 0.457. The Morgan fingerprint density at radius 1 is 0.500 bits per heavy atom. The zero-order valence-electron chi connectivity index (χ0n) is 21.2. The zero-order valence-corrected chi connectivity index (χ0v) is 21.2. The lowest BCUT2D eigenvalue weighted by atomic mass is 10.1. The Morgan fingerprint density at radius 3 is 0.781 bits per heavy atom. The van der Waals surface area contributed by atoms with E-state index in [0.717, 1.165) is 25.7 Å². The molecule has 0 saturated heterocycles. The van der Waals surface area contributed by atoms with Crippen LogP contribution < -0.4 is 0 Å². The third-order valence-electron chi connectivity index (χ3n) is 3.66. The van der Waals surface area contributed by atoms with E-state index in [1.165, 1.54) is 0 Å². The number of carbonyl (C=O) groups is 3. The molecule has 0 heterocycles. The van der Waals surface area contributed by atoms with Crippen molar-refractivity contribution in [2.24, 2.45) is 23.7 Å². The first-order valence-electron chi connectivity index (χ1n) is 11.3. The summed E-state index contributed by atoms with van der Waals surface area (Å²) < 4.78 is 19.5. The van der Waals surface area contributed by atoms with Gasteiger partial charge in [-0.2, -0.15) is 0 Å². The van der Waals surface area contributed by atoms with Gasteiger partial charge in [-0.15, -0.1) is 0 Å². The van der Waals surface area contributed by atoms with Crippen LogP contribution in [0.5, 0.6) is 0 Å². The summed E-state index contributed by atoms with van der Waals surface area (Å²) in [5.74, 6) is 2.22. The summed E-state index contributed by atoms with van der Waals surface area (Å²) in [7, 11) is 0. The Bertz CT molecular complexity index is 388. The van der Waals surface area contributed by atoms with Gasteiger partial charge in [-0.25, -0.2) is 14.4 Å². The van der Waals surface area contributed by atoms with Gasteiger partial charge in [-0.05, 0) is 49.4 Å². The van der Waals surface area contributed by atoms with Crippen molar-refractivity contribution in [3.63, 3.8) is 0 Å². The fraction of sp³-hybridized carbons (Fsp3) is 0.870. The average Bonchev–Trinajstić information content (AvgIpc) is 2.60. The van der Waals surface area contributed by atoms with Gasteiger partial charge in [0, 0.05) is 0 Å². The van der Waals surface area contributed by atoms with Crippen molar-refractivity contribution in [3.8, 4) is 0 Å². The van der Waals surface area contributed by atoms with E-state index in [1.54, 1.807) is 0 Å². The second-order valence-corrected chi connectivity index (χ2v) is 8.91. The Labute approximate surface area is 193 Å². The molecule has 0 amide bonds. The van der Waals surface area contributed by atoms with Crippen molar-refractivity contribution in [3.05, 3.63) is 0 Å². The largest absolute Gasteiger partial charge is 0.508 e. The van der Waals surface area contributed by atoms with Crippen LogP contribution in [0.4, 0.5) is 14.4 Å². The van der Waals surface area contributed by atoms with Crippen molar-refractivity contribution >= 4 is 18.5 Å². The number of ether oxygens (including phenoxy) is 4. The predicted molar refractivity (Wildman–Crippen MR) is 123 cm³/mol. The monoisotopic (exact) mass is 466 g/mol. The van der Waals surface area contributed by atoms with Gasteiger partial charge in [-0.3, -0.25) is 0 Å². The highest BCUT2D eigenvalue weighted by molar-refractivity contribution is 5.60. The zero-order chi connectivity index (χ0) is 25.5. The summed E-state index contributed by atoms with van der Waals surface area (Å²) in [6.45, 7) is 18.6. The fourth-order valence-corrected chi connectivity index (χ4v) is 1.60. The molecule has 0 rings (SSSR count). The first-order valence-corrected chi connectivity index (χ1v) is 11.3. The Balaban J connectivity index is -0.000000450. The SMILES string of the molecule is CC(C)CCOC(=O)OCCC(C)C.CC(C)CCOC(=O)OCCC(C)C.O=C(O)O. The van der Waals surface area contributed by atoms with E-state index in [9.17, 15) is 9.59 Å². The Kier molecular flexibility index (Phi) is 25.3. The molecule has 0 bridgehead atoms. The van der Waals surface area contributed by atoms with E-state index in [0.29, 0.717) is 50.1 Å². The van der Waals surface area contributed by atoms with Gasteiger partial charge in [0.2, 0.25) is 0 Å². The summed E-state index contributed by atoms with van der Waals surface area (Å²) in [5.41, 5.74) is 0. The summed E-state index contributed by atoms with van der Waals surface area (Å²) in [6, 6.07) is 0. The molecule has 9 nitrogen and oxygen atoms in total. The van der Waals surface area contributed by atoms with Gasteiger partial charge >= 0.3 is 18.5 Å². The molecule has 0 spiro atoms. The van der Waals surface area contributed by atoms with Gasteiger partial charge in [-0.1, -0.05) is 55.4 Å². The summed E-state index contributed by atoms with van der Waals surface area (Å²) in [4.78, 5) is 30.5. The van der Waals surface area contributed by atoms with Crippen LogP contribution in [0, 0.1) is 23.7 Å². The number of hydrogen-bond acceptors (Lipinski definition) is 7. The summed E-state index contributed by atoms with van der Waals surface area (Å²) >= 11 is 0. The van der Waals surface area contributed by atoms with Crippen LogP contribution >= 0.6 is 0 Å². The molecule has 0 atom stereocenters. The van der Waals surface area contributed by atoms with E-state index >= 15 is 0 Å². The van der Waals surface area contributed by atoms with Crippen LogP contribution in [0.1, 0.15) is 81.1 Å². The number of carbonyl (C=O) groups excluding carboxylic acids is 2. The van der Waals surface area contributed by atoms with Crippen molar-refractivity contribution < 1.29 is 43.5 Å². The van der Waals surface area contributed by atoms with Gasteiger partial charge in [0.15, 0.2) is 0 Å². The summed E-state index contributed by atoms with van der Waals surface area (Å²) in [6.07, 6.45) is 0.648. The molecule has 0 aromatic carbocycles. The Morgan fingerprint density at radius 2 is 0.656 bits per heavy atom. The maximum absolute atomic E-state index is 11.0. The highest BCUT2D eigenvalue weighted by Crippen LogP contribution is 2.03. The van der Waals surface area contributed by atoms with Crippen LogP contribution in [0.3, 0.4) is 0 Å². The lowest BCUT2D eigenvalue weighted by Gasteiger charge is -2.08. The number of carboxylic acid groups (broad SMARTS) is 2. The smallest absolute Gasteiger partial charge is 0.450 e. The average molecular weight is 467 g/mol. The predicted octanol–water partition coefficient (Wildman–Crippen LogP) is 6.69. The minimum Gasteiger partial charge on any atom is -0.450 e.